The van der Waals surface area contributed by atoms with Crippen LogP contribution in [0.4, 0.5) is 10.1 Å². The molecule has 1 aromatic carbocycles. The normalized spacial score (nSPS) is 11.9. The summed E-state index contributed by atoms with van der Waals surface area (Å²) >= 11 is 5.65. The molecule has 0 bridgehead atoms. The molecule has 0 radical (unpaired) electrons. The average Bonchev–Trinajstić information content (AvgIpc) is 2.38. The third-order valence-corrected chi connectivity index (χ3v) is 4.82. The van der Waals surface area contributed by atoms with E-state index in [-0.39, 0.29) is 36.1 Å². The van der Waals surface area contributed by atoms with E-state index in [0.29, 0.717) is 0 Å². The molecule has 0 spiro atoms. The lowest BCUT2D eigenvalue weighted by atomic mass is 10.2. The van der Waals surface area contributed by atoms with Gasteiger partial charge in [0.2, 0.25) is 10.0 Å². The molecule has 2 N–H and O–H groups in total. The number of benzene rings is 1. The molecule has 5 nitrogen and oxygen atoms in total. The molecule has 0 saturated heterocycles. The summed E-state index contributed by atoms with van der Waals surface area (Å²) in [5, 5.41) is 8.29. The summed E-state index contributed by atoms with van der Waals surface area (Å²) in [6.07, 6.45) is 0.0175. The molecule has 1 rings (SSSR count). The maximum Gasteiger partial charge on any atom is 0.246 e. The van der Waals surface area contributed by atoms with E-state index in [4.69, 9.17) is 22.6 Å². The number of nitriles is 1. The minimum Gasteiger partial charge on any atom is -0.399 e. The van der Waals surface area contributed by atoms with Gasteiger partial charge in [-0.3, -0.25) is 0 Å². The van der Waals surface area contributed by atoms with Crippen LogP contribution in [-0.2, 0) is 10.0 Å². The highest BCUT2D eigenvalue weighted by Gasteiger charge is 2.29. The fourth-order valence-corrected chi connectivity index (χ4v) is 3.81. The summed E-state index contributed by atoms with van der Waals surface area (Å²) in [6.45, 7) is 3.83. The van der Waals surface area contributed by atoms with E-state index in [9.17, 15) is 12.8 Å². The molecule has 0 fully saturated rings. The third-order valence-electron chi connectivity index (χ3n) is 2.68. The maximum absolute atomic E-state index is 14.0. The van der Waals surface area contributed by atoms with Crippen LogP contribution in [0.3, 0.4) is 0 Å². The molecule has 0 atom stereocenters. The Hall–Kier alpha value is -1.36. The lowest BCUT2D eigenvalue weighted by molar-refractivity contribution is 0.370. The average molecular weight is 334 g/mol. The summed E-state index contributed by atoms with van der Waals surface area (Å²) in [6, 6.07) is 4.07. The molecule has 0 aliphatic carbocycles. The van der Waals surface area contributed by atoms with Crippen LogP contribution in [0.15, 0.2) is 17.0 Å². The largest absolute Gasteiger partial charge is 0.399 e. The van der Waals surface area contributed by atoms with Gasteiger partial charge in [0.05, 0.1) is 11.1 Å². The van der Waals surface area contributed by atoms with Crippen molar-refractivity contribution in [2.24, 2.45) is 5.92 Å². The number of anilines is 1. The zero-order chi connectivity index (χ0) is 16.2. The fraction of sp³-hybridized carbons (Fsp3) is 0.462. The summed E-state index contributed by atoms with van der Waals surface area (Å²) < 4.78 is 40.2. The Labute approximate surface area is 129 Å². The van der Waals surface area contributed by atoms with Crippen molar-refractivity contribution in [3.8, 4) is 6.07 Å². The second-order valence-corrected chi connectivity index (χ2v) is 7.29. The number of hydrogen-bond acceptors (Lipinski definition) is 4. The van der Waals surface area contributed by atoms with E-state index in [1.54, 1.807) is 0 Å². The summed E-state index contributed by atoms with van der Waals surface area (Å²) in [5.41, 5.74) is 5.60. The van der Waals surface area contributed by atoms with Gasteiger partial charge in [0.1, 0.15) is 4.90 Å². The first kappa shape index (κ1) is 17.7. The molecule has 116 valence electrons. The number of hydrogen-bond donors (Lipinski definition) is 1. The van der Waals surface area contributed by atoms with Gasteiger partial charge in [0, 0.05) is 25.2 Å². The van der Waals surface area contributed by atoms with E-state index >= 15 is 0 Å². The predicted octanol–water partition coefficient (Wildman–Crippen LogP) is 2.62. The zero-order valence-corrected chi connectivity index (χ0v) is 13.4. The molecule has 0 heterocycles. The lowest BCUT2D eigenvalue weighted by Gasteiger charge is -2.23. The first-order valence-corrected chi connectivity index (χ1v) is 8.13. The molecule has 0 amide bonds. The van der Waals surface area contributed by atoms with Crippen molar-refractivity contribution in [3.05, 3.63) is 23.0 Å². The van der Waals surface area contributed by atoms with Crippen LogP contribution in [0.2, 0.25) is 5.02 Å². The molecule has 1 aromatic rings. The smallest absolute Gasteiger partial charge is 0.246 e. The number of nitrogens with zero attached hydrogens (tertiary/aromatic N) is 2. The van der Waals surface area contributed by atoms with Crippen molar-refractivity contribution in [2.75, 3.05) is 18.8 Å². The lowest BCUT2D eigenvalue weighted by Crippen LogP contribution is -2.35. The standard InChI is InChI=1S/C13H17ClFN3O2S/c1-9(2)8-18(5-3-4-16)21(19,20)12-7-10(17)6-11(14)13(12)15/h6-7,9H,3,5,8,17H2,1-2H3. The Morgan fingerprint density at radius 1 is 1.48 bits per heavy atom. The zero-order valence-electron chi connectivity index (χ0n) is 11.8. The maximum atomic E-state index is 14.0. The first-order chi connectivity index (χ1) is 9.70. The molecular formula is C13H17ClFN3O2S. The topological polar surface area (TPSA) is 87.2 Å². The van der Waals surface area contributed by atoms with Gasteiger partial charge in [-0.2, -0.15) is 9.57 Å². The van der Waals surface area contributed by atoms with Gasteiger partial charge in [0.15, 0.2) is 5.82 Å². The molecule has 21 heavy (non-hydrogen) atoms. The highest BCUT2D eigenvalue weighted by atomic mass is 35.5. The molecule has 8 heteroatoms. The van der Waals surface area contributed by atoms with Crippen LogP contribution in [-0.4, -0.2) is 25.8 Å². The molecule has 0 unspecified atom stereocenters. The Balaban J connectivity index is 3.32. The van der Waals surface area contributed by atoms with Crippen molar-refractivity contribution < 1.29 is 12.8 Å². The van der Waals surface area contributed by atoms with Gasteiger partial charge < -0.3 is 5.73 Å². The van der Waals surface area contributed by atoms with Crippen LogP contribution in [0.25, 0.3) is 0 Å². The second-order valence-electron chi connectivity index (χ2n) is 4.98. The minimum atomic E-state index is -4.10. The SMILES string of the molecule is CC(C)CN(CCC#N)S(=O)(=O)c1cc(N)cc(Cl)c1F. The Bertz CT molecular complexity index is 656. The van der Waals surface area contributed by atoms with Gasteiger partial charge in [-0.1, -0.05) is 25.4 Å². The molecule has 0 aliphatic rings. The first-order valence-electron chi connectivity index (χ1n) is 6.31. The van der Waals surface area contributed by atoms with Crippen LogP contribution < -0.4 is 5.73 Å². The van der Waals surface area contributed by atoms with Crippen molar-refractivity contribution in [1.82, 2.24) is 4.31 Å². The predicted molar refractivity (Wildman–Crippen MR) is 79.6 cm³/mol. The van der Waals surface area contributed by atoms with Gasteiger partial charge in [-0.25, -0.2) is 12.8 Å². The van der Waals surface area contributed by atoms with Gasteiger partial charge in [-0.15, -0.1) is 0 Å². The number of rotatable bonds is 6. The Kier molecular flexibility index (Phi) is 5.96. The number of nitrogens with two attached hydrogens (primary N) is 1. The van der Waals surface area contributed by atoms with Crippen LogP contribution in [0, 0.1) is 23.1 Å². The highest BCUT2D eigenvalue weighted by Crippen LogP contribution is 2.28. The Morgan fingerprint density at radius 3 is 2.62 bits per heavy atom. The second kappa shape index (κ2) is 7.07. The van der Waals surface area contributed by atoms with E-state index < -0.39 is 20.7 Å². The van der Waals surface area contributed by atoms with E-state index in [1.165, 1.54) is 0 Å². The summed E-state index contributed by atoms with van der Waals surface area (Å²) in [4.78, 5) is -0.564. The van der Waals surface area contributed by atoms with Gasteiger partial charge in [-0.05, 0) is 18.1 Å². The van der Waals surface area contributed by atoms with E-state index in [2.05, 4.69) is 0 Å². The van der Waals surface area contributed by atoms with Gasteiger partial charge >= 0.3 is 0 Å². The van der Waals surface area contributed by atoms with Crippen LogP contribution in [0.5, 0.6) is 0 Å². The molecule has 0 aliphatic heterocycles. The Morgan fingerprint density at radius 2 is 2.10 bits per heavy atom. The molecule has 0 aromatic heterocycles. The number of halogens is 2. The number of nitrogen functional groups attached to an aromatic ring is 1. The van der Waals surface area contributed by atoms with Crippen molar-refractivity contribution >= 4 is 27.3 Å². The van der Waals surface area contributed by atoms with E-state index in [0.717, 1.165) is 16.4 Å². The summed E-state index contributed by atoms with van der Waals surface area (Å²) in [7, 11) is -4.10. The third kappa shape index (κ3) is 4.30. The van der Waals surface area contributed by atoms with Crippen LogP contribution in [0.1, 0.15) is 20.3 Å². The fourth-order valence-electron chi connectivity index (χ4n) is 1.80. The number of sulfonamides is 1. The van der Waals surface area contributed by atoms with Crippen LogP contribution >= 0.6 is 11.6 Å². The molecular weight excluding hydrogens is 317 g/mol. The van der Waals surface area contributed by atoms with Gasteiger partial charge in [0.25, 0.3) is 0 Å². The van der Waals surface area contributed by atoms with Crippen molar-refractivity contribution in [1.29, 1.82) is 5.26 Å². The minimum absolute atomic E-state index is 0.0110. The monoisotopic (exact) mass is 333 g/mol. The molecule has 0 saturated carbocycles. The van der Waals surface area contributed by atoms with Crippen molar-refractivity contribution in [2.45, 2.75) is 25.2 Å². The quantitative estimate of drug-likeness (QED) is 0.810. The van der Waals surface area contributed by atoms with Crippen molar-refractivity contribution in [3.63, 3.8) is 0 Å². The highest BCUT2D eigenvalue weighted by molar-refractivity contribution is 7.89. The summed E-state index contributed by atoms with van der Waals surface area (Å²) in [5.74, 6) is -1.00. The van der Waals surface area contributed by atoms with E-state index in [1.807, 2.05) is 19.9 Å².